The molecule has 0 amide bonds. The maximum Gasteiger partial charge on any atom is 0.264 e. The van der Waals surface area contributed by atoms with E-state index >= 15 is 0 Å². The van der Waals surface area contributed by atoms with E-state index in [1.165, 1.54) is 10.5 Å². The van der Waals surface area contributed by atoms with Crippen molar-refractivity contribution < 1.29 is 13.2 Å². The van der Waals surface area contributed by atoms with Crippen molar-refractivity contribution in [3.63, 3.8) is 0 Å². The molecule has 1 unspecified atom stereocenters. The molecule has 4 rings (SSSR count). The number of carbonyl (C=O) groups excluding carboxylic acids is 1. The van der Waals surface area contributed by atoms with Crippen molar-refractivity contribution in [1.82, 2.24) is 9.97 Å². The largest absolute Gasteiger partial charge is 0.342 e. The van der Waals surface area contributed by atoms with Crippen LogP contribution in [0.3, 0.4) is 0 Å². The number of para-hydroxylation sites is 1. The third-order valence-electron chi connectivity index (χ3n) is 4.86. The molecule has 1 aromatic heterocycles. The number of Topliss-reactive ketones (excluding diaryl/α,β-unsaturated/α-hetero) is 1. The highest BCUT2D eigenvalue weighted by molar-refractivity contribution is 7.92. The minimum absolute atomic E-state index is 0.125. The van der Waals surface area contributed by atoms with Gasteiger partial charge in [0.05, 0.1) is 16.5 Å². The average Bonchev–Trinajstić information content (AvgIpc) is 3.21. The Hall–Kier alpha value is -2.93. The fraction of sp³-hybridized carbons (Fsp3) is 0.200. The highest BCUT2D eigenvalue weighted by Crippen LogP contribution is 2.39. The number of rotatable bonds is 4. The van der Waals surface area contributed by atoms with Gasteiger partial charge in [0.25, 0.3) is 10.0 Å². The average molecular weight is 381 g/mol. The van der Waals surface area contributed by atoms with Gasteiger partial charge in [0.15, 0.2) is 5.82 Å². The molecule has 0 spiro atoms. The number of carbonyl (C=O) groups is 1. The van der Waals surface area contributed by atoms with Crippen molar-refractivity contribution >= 4 is 21.5 Å². The summed E-state index contributed by atoms with van der Waals surface area (Å²) in [5, 5.41) is 0. The second-order valence-electron chi connectivity index (χ2n) is 6.59. The Morgan fingerprint density at radius 1 is 1.15 bits per heavy atom. The molecule has 3 aromatic rings. The Balaban J connectivity index is 1.75. The molecule has 0 fully saturated rings. The molecule has 1 N–H and O–H groups in total. The predicted octanol–water partition coefficient (Wildman–Crippen LogP) is 3.28. The van der Waals surface area contributed by atoms with Gasteiger partial charge in [-0.05, 0) is 37.1 Å². The number of aryl methyl sites for hydroxylation is 1. The molecule has 2 heterocycles. The van der Waals surface area contributed by atoms with Gasteiger partial charge in [-0.15, -0.1) is 0 Å². The third kappa shape index (κ3) is 3.04. The number of anilines is 1. The monoisotopic (exact) mass is 381 g/mol. The minimum Gasteiger partial charge on any atom is -0.342 e. The number of ketones is 1. The maximum absolute atomic E-state index is 13.2. The summed E-state index contributed by atoms with van der Waals surface area (Å²) in [6.45, 7) is 2.15. The van der Waals surface area contributed by atoms with Crippen LogP contribution >= 0.6 is 0 Å². The van der Waals surface area contributed by atoms with E-state index in [0.29, 0.717) is 23.5 Å². The Kier molecular flexibility index (Phi) is 4.31. The van der Waals surface area contributed by atoms with Crippen LogP contribution in [0.15, 0.2) is 65.8 Å². The first kappa shape index (κ1) is 17.5. The lowest BCUT2D eigenvalue weighted by Crippen LogP contribution is -2.38. The molecule has 138 valence electrons. The topological polar surface area (TPSA) is 83.1 Å². The number of nitrogens with zero attached hydrogens (tertiary/aromatic N) is 2. The van der Waals surface area contributed by atoms with E-state index in [4.69, 9.17) is 0 Å². The standard InChI is InChI=1S/C20H19N3O3S/c1-14-6-8-15(9-7-14)27(25,26)23-13-10-17(16-4-2-3-5-18(16)23)19(24)20-21-11-12-22-20/h2-9,11-12,17H,10,13H2,1H3,(H,21,22). The molecule has 0 saturated heterocycles. The number of imidazole rings is 1. The number of sulfonamides is 1. The second-order valence-corrected chi connectivity index (χ2v) is 8.45. The summed E-state index contributed by atoms with van der Waals surface area (Å²) in [5.74, 6) is -0.249. The van der Waals surface area contributed by atoms with Gasteiger partial charge in [0.1, 0.15) is 0 Å². The lowest BCUT2D eigenvalue weighted by molar-refractivity contribution is 0.0945. The Bertz CT molecular complexity index is 1070. The number of fused-ring (bicyclic) bond motifs is 1. The summed E-state index contributed by atoms with van der Waals surface area (Å²) in [7, 11) is -3.70. The van der Waals surface area contributed by atoms with Crippen molar-refractivity contribution in [3.05, 3.63) is 77.9 Å². The van der Waals surface area contributed by atoms with Crippen molar-refractivity contribution in [2.24, 2.45) is 0 Å². The van der Waals surface area contributed by atoms with Crippen molar-refractivity contribution in [2.45, 2.75) is 24.2 Å². The van der Waals surface area contributed by atoms with Crippen LogP contribution in [0.25, 0.3) is 0 Å². The zero-order valence-corrected chi connectivity index (χ0v) is 15.6. The smallest absolute Gasteiger partial charge is 0.264 e. The Morgan fingerprint density at radius 3 is 2.59 bits per heavy atom. The van der Waals surface area contributed by atoms with E-state index in [1.807, 2.05) is 19.1 Å². The molecule has 0 saturated carbocycles. The molecule has 6 nitrogen and oxygen atoms in total. The summed E-state index contributed by atoms with van der Waals surface area (Å²) in [5.41, 5.74) is 2.26. The summed E-state index contributed by atoms with van der Waals surface area (Å²) < 4.78 is 27.8. The molecule has 7 heteroatoms. The van der Waals surface area contributed by atoms with Gasteiger partial charge in [0.2, 0.25) is 5.78 Å². The van der Waals surface area contributed by atoms with Crippen LogP contribution < -0.4 is 4.31 Å². The zero-order chi connectivity index (χ0) is 19.0. The van der Waals surface area contributed by atoms with Crippen LogP contribution in [0.5, 0.6) is 0 Å². The van der Waals surface area contributed by atoms with E-state index in [2.05, 4.69) is 9.97 Å². The predicted molar refractivity (Wildman–Crippen MR) is 102 cm³/mol. The van der Waals surface area contributed by atoms with Crippen molar-refractivity contribution in [3.8, 4) is 0 Å². The van der Waals surface area contributed by atoms with E-state index in [1.54, 1.807) is 42.6 Å². The number of aromatic nitrogens is 2. The first-order valence-electron chi connectivity index (χ1n) is 8.70. The highest BCUT2D eigenvalue weighted by atomic mass is 32.2. The fourth-order valence-electron chi connectivity index (χ4n) is 3.46. The van der Waals surface area contributed by atoms with Gasteiger partial charge in [-0.3, -0.25) is 9.10 Å². The minimum atomic E-state index is -3.70. The van der Waals surface area contributed by atoms with E-state index in [0.717, 1.165) is 5.56 Å². The normalized spacial score (nSPS) is 16.8. The first-order valence-corrected chi connectivity index (χ1v) is 10.1. The number of H-pyrrole nitrogens is 1. The van der Waals surface area contributed by atoms with E-state index < -0.39 is 15.9 Å². The SMILES string of the molecule is Cc1ccc(S(=O)(=O)N2CCC(C(=O)c3ncc[nH]3)c3ccccc32)cc1. The molecule has 0 radical (unpaired) electrons. The van der Waals surface area contributed by atoms with Crippen LogP contribution in [-0.2, 0) is 10.0 Å². The van der Waals surface area contributed by atoms with Gasteiger partial charge in [-0.2, -0.15) is 0 Å². The van der Waals surface area contributed by atoms with Crippen LogP contribution in [0.4, 0.5) is 5.69 Å². The molecule has 0 bridgehead atoms. The summed E-state index contributed by atoms with van der Waals surface area (Å²) in [6.07, 6.45) is 3.55. The van der Waals surface area contributed by atoms with Gasteiger partial charge in [-0.25, -0.2) is 13.4 Å². The number of benzene rings is 2. The number of hydrogen-bond acceptors (Lipinski definition) is 4. The molecular weight excluding hydrogens is 362 g/mol. The number of nitrogens with one attached hydrogen (secondary N) is 1. The van der Waals surface area contributed by atoms with Crippen LogP contribution in [0.1, 0.15) is 34.1 Å². The van der Waals surface area contributed by atoms with Gasteiger partial charge < -0.3 is 4.98 Å². The third-order valence-corrected chi connectivity index (χ3v) is 6.69. The van der Waals surface area contributed by atoms with Crippen LogP contribution in [-0.4, -0.2) is 30.7 Å². The van der Waals surface area contributed by atoms with Crippen molar-refractivity contribution in [1.29, 1.82) is 0 Å². The van der Waals surface area contributed by atoms with Gasteiger partial charge in [-0.1, -0.05) is 35.9 Å². The summed E-state index contributed by atoms with van der Waals surface area (Å²) in [4.78, 5) is 20.0. The molecule has 1 atom stereocenters. The van der Waals surface area contributed by atoms with Crippen molar-refractivity contribution in [2.75, 3.05) is 10.8 Å². The Labute approximate surface area is 157 Å². The Morgan fingerprint density at radius 2 is 1.89 bits per heavy atom. The van der Waals surface area contributed by atoms with E-state index in [9.17, 15) is 13.2 Å². The van der Waals surface area contributed by atoms with Crippen LogP contribution in [0, 0.1) is 6.92 Å². The number of aromatic amines is 1. The molecule has 27 heavy (non-hydrogen) atoms. The molecule has 1 aliphatic rings. The zero-order valence-electron chi connectivity index (χ0n) is 14.8. The van der Waals surface area contributed by atoms with Gasteiger partial charge in [0, 0.05) is 18.9 Å². The molecule has 2 aromatic carbocycles. The lowest BCUT2D eigenvalue weighted by Gasteiger charge is -2.34. The molecule has 1 aliphatic heterocycles. The molecular formula is C20H19N3O3S. The summed E-state index contributed by atoms with van der Waals surface area (Å²) >= 11 is 0. The fourth-order valence-corrected chi connectivity index (χ4v) is 4.96. The first-order chi connectivity index (χ1) is 13.0. The van der Waals surface area contributed by atoms with Crippen LogP contribution in [0.2, 0.25) is 0 Å². The number of hydrogen-bond donors (Lipinski definition) is 1. The van der Waals surface area contributed by atoms with Gasteiger partial charge >= 0.3 is 0 Å². The quantitative estimate of drug-likeness (QED) is 0.703. The highest BCUT2D eigenvalue weighted by Gasteiger charge is 2.36. The lowest BCUT2D eigenvalue weighted by atomic mass is 9.87. The molecule has 0 aliphatic carbocycles. The summed E-state index contributed by atoms with van der Waals surface area (Å²) in [6, 6.07) is 14.0. The maximum atomic E-state index is 13.2. The second kappa shape index (κ2) is 6.66. The van der Waals surface area contributed by atoms with E-state index in [-0.39, 0.29) is 17.2 Å².